The standard InChI is InChI=1S/C17H16N6O10S2/c1-32-21-11(10-7-34-17(18)19-10)14(24)20-12-13(22(15(12)25)35(29,30)31)16(26)33-6-8-2-4-9(5-3-8)23(27)28/h2-5,7,12-13H,6H2,1H3,(H2,18,19)(H,20,24)(H,29,30,31)/t12-,13-/m1/s1. The smallest absolute Gasteiger partial charge is 0.363 e. The monoisotopic (exact) mass is 528 g/mol. The number of rotatable bonds is 9. The predicted molar refractivity (Wildman–Crippen MR) is 117 cm³/mol. The van der Waals surface area contributed by atoms with Crippen LogP contribution in [0.2, 0.25) is 0 Å². The summed E-state index contributed by atoms with van der Waals surface area (Å²) in [4.78, 5) is 56.2. The van der Waals surface area contributed by atoms with Gasteiger partial charge in [0, 0.05) is 17.5 Å². The van der Waals surface area contributed by atoms with E-state index < -0.39 is 57.4 Å². The molecule has 1 aliphatic heterocycles. The van der Waals surface area contributed by atoms with Crippen molar-refractivity contribution in [3.8, 4) is 0 Å². The van der Waals surface area contributed by atoms with E-state index in [9.17, 15) is 37.5 Å². The Labute approximate surface area is 200 Å². The minimum absolute atomic E-state index is 0.0115. The van der Waals surface area contributed by atoms with Crippen LogP contribution in [0.25, 0.3) is 0 Å². The number of nitrogen functional groups attached to an aromatic ring is 1. The van der Waals surface area contributed by atoms with Gasteiger partial charge in [-0.2, -0.15) is 12.7 Å². The Bertz CT molecular complexity index is 1310. The zero-order valence-corrected chi connectivity index (χ0v) is 19.2. The number of ether oxygens (including phenoxy) is 1. The summed E-state index contributed by atoms with van der Waals surface area (Å²) in [5.74, 6) is -3.65. The second-order valence-corrected chi connectivity index (χ2v) is 8.91. The predicted octanol–water partition coefficient (Wildman–Crippen LogP) is -0.774. The maximum atomic E-state index is 12.7. The van der Waals surface area contributed by atoms with Crippen LogP contribution in [0.4, 0.5) is 10.8 Å². The van der Waals surface area contributed by atoms with Crippen LogP contribution in [-0.2, 0) is 40.9 Å². The first-order valence-electron chi connectivity index (χ1n) is 9.28. The first-order chi connectivity index (χ1) is 16.4. The van der Waals surface area contributed by atoms with E-state index >= 15 is 0 Å². The molecule has 4 N–H and O–H groups in total. The van der Waals surface area contributed by atoms with Gasteiger partial charge in [-0.3, -0.25) is 24.3 Å². The number of hydrogen-bond donors (Lipinski definition) is 3. The summed E-state index contributed by atoms with van der Waals surface area (Å²) >= 11 is 0.983. The number of nitrogens with two attached hydrogens (primary N) is 1. The van der Waals surface area contributed by atoms with Crippen LogP contribution < -0.4 is 11.1 Å². The number of aromatic nitrogens is 1. The Morgan fingerprint density at radius 1 is 1.37 bits per heavy atom. The summed E-state index contributed by atoms with van der Waals surface area (Å²) in [7, 11) is -4.05. The first-order valence-corrected chi connectivity index (χ1v) is 11.6. The number of benzene rings is 1. The number of oxime groups is 1. The van der Waals surface area contributed by atoms with Gasteiger partial charge in [-0.1, -0.05) is 5.16 Å². The number of esters is 1. The van der Waals surface area contributed by atoms with E-state index in [1.807, 2.05) is 0 Å². The van der Waals surface area contributed by atoms with E-state index in [0.29, 0.717) is 5.56 Å². The number of β-lactam (4-membered cyclic amide) rings is 1. The molecule has 1 aliphatic rings. The highest BCUT2D eigenvalue weighted by Crippen LogP contribution is 2.26. The van der Waals surface area contributed by atoms with Gasteiger partial charge in [0.1, 0.15) is 25.5 Å². The number of amides is 2. The lowest BCUT2D eigenvalue weighted by atomic mass is 9.98. The van der Waals surface area contributed by atoms with E-state index in [2.05, 4.69) is 20.3 Å². The fraction of sp³-hybridized carbons (Fsp3) is 0.235. The topological polar surface area (TPSA) is 234 Å². The molecule has 1 aromatic heterocycles. The Hall–Kier alpha value is -4.16. The molecule has 0 aliphatic carbocycles. The summed E-state index contributed by atoms with van der Waals surface area (Å²) in [5, 5.41) is 17.8. The van der Waals surface area contributed by atoms with Crippen molar-refractivity contribution in [2.45, 2.75) is 18.7 Å². The molecule has 0 bridgehead atoms. The van der Waals surface area contributed by atoms with Crippen LogP contribution in [0.5, 0.6) is 0 Å². The van der Waals surface area contributed by atoms with Crippen LogP contribution >= 0.6 is 11.3 Å². The summed E-state index contributed by atoms with van der Waals surface area (Å²) < 4.78 is 37.4. The lowest BCUT2D eigenvalue weighted by Crippen LogP contribution is -2.74. The highest BCUT2D eigenvalue weighted by atomic mass is 32.2. The Morgan fingerprint density at radius 3 is 2.54 bits per heavy atom. The number of non-ortho nitro benzene ring substituents is 1. The molecule has 3 rings (SSSR count). The molecule has 1 saturated heterocycles. The summed E-state index contributed by atoms with van der Waals surface area (Å²) in [6.07, 6.45) is 0. The average Bonchev–Trinajstić information content (AvgIpc) is 3.22. The fourth-order valence-electron chi connectivity index (χ4n) is 2.95. The molecular formula is C17H16N6O10S2. The van der Waals surface area contributed by atoms with Crippen LogP contribution in [-0.4, -0.2) is 69.9 Å². The van der Waals surface area contributed by atoms with Crippen LogP contribution in [0.15, 0.2) is 34.8 Å². The third-order valence-corrected chi connectivity index (χ3v) is 6.10. The molecule has 16 nitrogen and oxygen atoms in total. The summed E-state index contributed by atoms with van der Waals surface area (Å²) in [6.45, 7) is -0.448. The molecule has 2 aromatic rings. The van der Waals surface area contributed by atoms with Gasteiger partial charge in [-0.05, 0) is 17.7 Å². The number of nitrogens with one attached hydrogen (secondary N) is 1. The highest BCUT2D eigenvalue weighted by molar-refractivity contribution is 7.84. The number of carbonyl (C=O) groups excluding carboxylic acids is 3. The maximum absolute atomic E-state index is 12.7. The molecule has 0 spiro atoms. The number of nitro groups is 1. The van der Waals surface area contributed by atoms with Crippen molar-refractivity contribution in [3.05, 3.63) is 51.0 Å². The Balaban J connectivity index is 1.78. The third kappa shape index (κ3) is 5.50. The Kier molecular flexibility index (Phi) is 7.27. The molecule has 18 heteroatoms. The second kappa shape index (κ2) is 9.99. The molecule has 35 heavy (non-hydrogen) atoms. The van der Waals surface area contributed by atoms with Crippen molar-refractivity contribution in [3.63, 3.8) is 0 Å². The largest absolute Gasteiger partial charge is 0.459 e. The number of nitrogens with zero attached hydrogens (tertiary/aromatic N) is 4. The lowest BCUT2D eigenvalue weighted by Gasteiger charge is -2.42. The van der Waals surface area contributed by atoms with Crippen LogP contribution in [0.1, 0.15) is 11.3 Å². The minimum Gasteiger partial charge on any atom is -0.459 e. The molecular weight excluding hydrogens is 512 g/mol. The lowest BCUT2D eigenvalue weighted by molar-refractivity contribution is -0.384. The van der Waals surface area contributed by atoms with Gasteiger partial charge < -0.3 is 20.6 Å². The van der Waals surface area contributed by atoms with E-state index in [4.69, 9.17) is 10.5 Å². The zero-order chi connectivity index (χ0) is 25.9. The average molecular weight is 528 g/mol. The van der Waals surface area contributed by atoms with E-state index in [0.717, 1.165) is 30.6 Å². The molecule has 0 radical (unpaired) electrons. The maximum Gasteiger partial charge on any atom is 0.363 e. The van der Waals surface area contributed by atoms with E-state index in [1.54, 1.807) is 0 Å². The molecule has 2 heterocycles. The quantitative estimate of drug-likeness (QED) is 0.0908. The molecule has 1 aromatic carbocycles. The second-order valence-electron chi connectivity index (χ2n) is 6.73. The normalized spacial score (nSPS) is 17.9. The van der Waals surface area contributed by atoms with Gasteiger partial charge in [0.25, 0.3) is 17.5 Å². The molecule has 0 saturated carbocycles. The summed E-state index contributed by atoms with van der Waals surface area (Å²) in [5.41, 5.74) is 5.21. The van der Waals surface area contributed by atoms with Crippen molar-refractivity contribution in [2.75, 3.05) is 12.8 Å². The van der Waals surface area contributed by atoms with E-state index in [-0.39, 0.29) is 20.8 Å². The van der Waals surface area contributed by atoms with Crippen molar-refractivity contribution in [2.24, 2.45) is 5.16 Å². The van der Waals surface area contributed by atoms with Crippen molar-refractivity contribution in [1.82, 2.24) is 14.6 Å². The van der Waals surface area contributed by atoms with Crippen molar-refractivity contribution in [1.29, 1.82) is 0 Å². The molecule has 1 fully saturated rings. The van der Waals surface area contributed by atoms with Gasteiger partial charge in [0.15, 0.2) is 16.9 Å². The third-order valence-electron chi connectivity index (χ3n) is 4.52. The molecule has 2 atom stereocenters. The van der Waals surface area contributed by atoms with Gasteiger partial charge >= 0.3 is 16.3 Å². The Morgan fingerprint density at radius 2 is 2.03 bits per heavy atom. The van der Waals surface area contributed by atoms with Crippen LogP contribution in [0, 0.1) is 10.1 Å². The number of thiazole rings is 1. The van der Waals surface area contributed by atoms with Gasteiger partial charge in [0.05, 0.1) is 4.92 Å². The number of nitro benzene ring substituents is 1. The van der Waals surface area contributed by atoms with Crippen molar-refractivity contribution < 1.29 is 41.9 Å². The van der Waals surface area contributed by atoms with Gasteiger partial charge in [0.2, 0.25) is 0 Å². The van der Waals surface area contributed by atoms with E-state index in [1.165, 1.54) is 17.5 Å². The van der Waals surface area contributed by atoms with Gasteiger partial charge in [-0.15, -0.1) is 11.3 Å². The molecule has 2 amide bonds. The summed E-state index contributed by atoms with van der Waals surface area (Å²) in [6, 6.07) is 1.22. The SMILES string of the molecule is CON=C(C(=O)N[C@H]1C(=O)N(S(=O)(=O)O)[C@H]1C(=O)OCc1ccc([N+](=O)[O-])cc1)c1csc(N)n1. The fourth-order valence-corrected chi connectivity index (χ4v) is 4.33. The minimum atomic E-state index is -5.18. The number of anilines is 1. The molecule has 0 unspecified atom stereocenters. The zero-order valence-electron chi connectivity index (χ0n) is 17.6. The number of hydrogen-bond acceptors (Lipinski definition) is 13. The number of carbonyl (C=O) groups is 3. The highest BCUT2D eigenvalue weighted by Gasteiger charge is 2.59. The van der Waals surface area contributed by atoms with Crippen LogP contribution in [0.3, 0.4) is 0 Å². The van der Waals surface area contributed by atoms with Gasteiger partial charge in [-0.25, -0.2) is 9.78 Å². The van der Waals surface area contributed by atoms with Crippen molar-refractivity contribution >= 4 is 56.0 Å². The molecule has 186 valence electrons. The first kappa shape index (κ1) is 25.5.